The molecule has 0 radical (unpaired) electrons. The number of hydrogen-bond acceptors (Lipinski definition) is 5. The van der Waals surface area contributed by atoms with Crippen molar-refractivity contribution in [3.8, 4) is 0 Å². The molecule has 0 atom stereocenters. The zero-order valence-corrected chi connectivity index (χ0v) is 75.7. The quantitative estimate of drug-likeness (QED) is 0.0262. The SMILES string of the molecule is CCCCCCCCCCCCCCCCC(CCCCCCCCCCCCCCCC)CCCCCCCCCCCCCCCCCC(=O)C(=O)OC(=O)C(=O)CCCCCCCCCCCCCCCCCC(CCCCCCCCCCCCCCCC)CCCCCCCCCCCCCCCC. The summed E-state index contributed by atoms with van der Waals surface area (Å²) in [4.78, 5) is 49.6. The van der Waals surface area contributed by atoms with E-state index >= 15 is 0 Å². The first-order valence-electron chi connectivity index (χ1n) is 51.7. The van der Waals surface area contributed by atoms with Gasteiger partial charge in [-0.1, -0.05) is 606 Å². The third-order valence-electron chi connectivity index (χ3n) is 25.5. The zero-order valence-electron chi connectivity index (χ0n) is 75.7. The van der Waals surface area contributed by atoms with Crippen LogP contribution in [0.5, 0.6) is 0 Å². The summed E-state index contributed by atoms with van der Waals surface area (Å²) in [7, 11) is 0. The van der Waals surface area contributed by atoms with Gasteiger partial charge in [-0.15, -0.1) is 0 Å². The molecule has 0 aromatic heterocycles. The van der Waals surface area contributed by atoms with E-state index in [-0.39, 0.29) is 12.8 Å². The van der Waals surface area contributed by atoms with Crippen molar-refractivity contribution in [3.05, 3.63) is 0 Å². The first kappa shape index (κ1) is 107. The average Bonchev–Trinajstić information content (AvgIpc) is 0.939. The lowest BCUT2D eigenvalue weighted by molar-refractivity contribution is -0.167. The van der Waals surface area contributed by atoms with Crippen molar-refractivity contribution >= 4 is 23.5 Å². The number of ether oxygens (including phenoxy) is 1. The molecule has 0 aromatic carbocycles. The van der Waals surface area contributed by atoms with Gasteiger partial charge in [0.2, 0.25) is 11.6 Å². The topological polar surface area (TPSA) is 77.5 Å². The second-order valence-electron chi connectivity index (χ2n) is 36.5. The largest absolute Gasteiger partial charge is 0.382 e. The van der Waals surface area contributed by atoms with E-state index in [0.717, 1.165) is 50.4 Å². The molecule has 0 saturated heterocycles. The fourth-order valence-corrected chi connectivity index (χ4v) is 17.8. The fourth-order valence-electron chi connectivity index (χ4n) is 17.8. The molecule has 5 nitrogen and oxygen atoms in total. The summed E-state index contributed by atoms with van der Waals surface area (Å²) in [5.41, 5.74) is 0. The molecular weight excluding hydrogens is 1330 g/mol. The minimum absolute atomic E-state index is 0.0829. The van der Waals surface area contributed by atoms with E-state index in [1.54, 1.807) is 0 Å². The summed E-state index contributed by atoms with van der Waals surface area (Å²) in [5.74, 6) is -1.76. The van der Waals surface area contributed by atoms with Gasteiger partial charge in [-0.05, 0) is 24.7 Å². The molecule has 0 unspecified atom stereocenters. The van der Waals surface area contributed by atoms with Crippen LogP contribution in [0.4, 0.5) is 0 Å². The van der Waals surface area contributed by atoms with Crippen molar-refractivity contribution in [2.75, 3.05) is 0 Å². The Hall–Kier alpha value is -1.52. The minimum atomic E-state index is -1.16. The van der Waals surface area contributed by atoms with E-state index in [9.17, 15) is 19.2 Å². The molecular formula is C104H202O5. The first-order chi connectivity index (χ1) is 53.9. The van der Waals surface area contributed by atoms with E-state index in [1.807, 2.05) is 0 Å². The Kier molecular flexibility index (Phi) is 94.0. The molecule has 0 aliphatic rings. The highest BCUT2D eigenvalue weighted by Gasteiger charge is 2.24. The summed E-state index contributed by atoms with van der Waals surface area (Å²) in [6, 6.07) is 0. The van der Waals surface area contributed by atoms with E-state index in [1.165, 1.54) is 539 Å². The number of ketones is 2. The fraction of sp³-hybridized carbons (Fsp3) is 0.962. The van der Waals surface area contributed by atoms with E-state index in [2.05, 4.69) is 27.7 Å². The number of carbonyl (C=O) groups excluding carboxylic acids is 4. The van der Waals surface area contributed by atoms with Crippen LogP contribution >= 0.6 is 0 Å². The van der Waals surface area contributed by atoms with Gasteiger partial charge in [-0.2, -0.15) is 0 Å². The summed E-state index contributed by atoms with van der Waals surface area (Å²) in [6.07, 6.45) is 128. The Morgan fingerprint density at radius 3 is 0.367 bits per heavy atom. The third kappa shape index (κ3) is 88.7. The molecule has 648 valence electrons. The Labute approximate surface area is 686 Å². The average molecular weight is 1530 g/mol. The van der Waals surface area contributed by atoms with Crippen molar-refractivity contribution in [2.24, 2.45) is 11.8 Å². The molecule has 0 amide bonds. The molecule has 0 N–H and O–H groups in total. The van der Waals surface area contributed by atoms with Crippen LogP contribution in [0.3, 0.4) is 0 Å². The molecule has 5 heteroatoms. The van der Waals surface area contributed by atoms with E-state index in [4.69, 9.17) is 4.74 Å². The first-order valence-corrected chi connectivity index (χ1v) is 51.7. The van der Waals surface area contributed by atoms with Crippen molar-refractivity contribution in [1.82, 2.24) is 0 Å². The van der Waals surface area contributed by atoms with Crippen molar-refractivity contribution < 1.29 is 23.9 Å². The Balaban J connectivity index is 4.03. The Bertz CT molecular complexity index is 1570. The van der Waals surface area contributed by atoms with Crippen LogP contribution in [0.1, 0.15) is 631 Å². The summed E-state index contributed by atoms with van der Waals surface area (Å²) in [6.45, 7) is 9.26. The number of carbonyl (C=O) groups is 4. The van der Waals surface area contributed by atoms with Crippen LogP contribution in [-0.2, 0) is 23.9 Å². The van der Waals surface area contributed by atoms with Gasteiger partial charge in [0, 0.05) is 12.8 Å². The maximum Gasteiger partial charge on any atom is 0.382 e. The maximum atomic E-state index is 12.4. The number of esters is 2. The second kappa shape index (κ2) is 95.3. The smallest absolute Gasteiger partial charge is 0.381 e. The Morgan fingerprint density at radius 2 is 0.248 bits per heavy atom. The van der Waals surface area contributed by atoms with Crippen LogP contribution in [0.2, 0.25) is 0 Å². The van der Waals surface area contributed by atoms with Crippen molar-refractivity contribution in [3.63, 3.8) is 0 Å². The number of hydrogen-bond donors (Lipinski definition) is 0. The molecule has 109 heavy (non-hydrogen) atoms. The van der Waals surface area contributed by atoms with Gasteiger partial charge < -0.3 is 4.74 Å². The molecule has 0 rings (SSSR count). The summed E-state index contributed by atoms with van der Waals surface area (Å²) < 4.78 is 4.72. The number of unbranched alkanes of at least 4 members (excludes halogenated alkanes) is 80. The number of Topliss-reactive ketones (excluding diaryl/α,β-unsaturated/α-hetero) is 2. The van der Waals surface area contributed by atoms with E-state index in [0.29, 0.717) is 12.8 Å². The molecule has 0 bridgehead atoms. The highest BCUT2D eigenvalue weighted by molar-refractivity contribution is 6.42. The monoisotopic (exact) mass is 1530 g/mol. The van der Waals surface area contributed by atoms with Gasteiger partial charge in [0.05, 0.1) is 0 Å². The van der Waals surface area contributed by atoms with Gasteiger partial charge >= 0.3 is 11.9 Å². The third-order valence-corrected chi connectivity index (χ3v) is 25.5. The lowest BCUT2D eigenvalue weighted by Gasteiger charge is -2.17. The molecule has 0 heterocycles. The van der Waals surface area contributed by atoms with Crippen molar-refractivity contribution in [1.29, 1.82) is 0 Å². The van der Waals surface area contributed by atoms with Crippen LogP contribution < -0.4 is 0 Å². The van der Waals surface area contributed by atoms with Gasteiger partial charge in [0.15, 0.2) is 0 Å². The predicted molar refractivity (Wildman–Crippen MR) is 485 cm³/mol. The van der Waals surface area contributed by atoms with E-state index < -0.39 is 23.5 Å². The molecule has 0 aliphatic heterocycles. The molecule has 0 fully saturated rings. The zero-order chi connectivity index (χ0) is 78.6. The lowest BCUT2D eigenvalue weighted by Crippen LogP contribution is -2.26. The molecule has 0 saturated carbocycles. The van der Waals surface area contributed by atoms with Gasteiger partial charge in [-0.3, -0.25) is 9.59 Å². The normalized spacial score (nSPS) is 11.8. The van der Waals surface area contributed by atoms with Gasteiger partial charge in [0.25, 0.3) is 0 Å². The van der Waals surface area contributed by atoms with Gasteiger partial charge in [-0.25, -0.2) is 9.59 Å². The molecule has 0 aromatic rings. The van der Waals surface area contributed by atoms with Gasteiger partial charge in [0.1, 0.15) is 0 Å². The summed E-state index contributed by atoms with van der Waals surface area (Å²) >= 11 is 0. The van der Waals surface area contributed by atoms with Crippen LogP contribution in [0.15, 0.2) is 0 Å². The minimum Gasteiger partial charge on any atom is -0.381 e. The maximum absolute atomic E-state index is 12.4. The predicted octanol–water partition coefficient (Wildman–Crippen LogP) is 37.2. The lowest BCUT2D eigenvalue weighted by atomic mass is 9.89. The highest BCUT2D eigenvalue weighted by Crippen LogP contribution is 2.29. The van der Waals surface area contributed by atoms with Crippen LogP contribution in [-0.4, -0.2) is 23.5 Å². The summed E-state index contributed by atoms with van der Waals surface area (Å²) in [5, 5.41) is 0. The van der Waals surface area contributed by atoms with Crippen LogP contribution in [0.25, 0.3) is 0 Å². The molecule has 0 spiro atoms. The Morgan fingerprint density at radius 1 is 0.147 bits per heavy atom. The standard InChI is InChI=1S/C104H202O5/c1-5-9-13-17-21-25-29-33-43-51-59-67-75-83-91-99(92-84-76-68-60-52-44-34-30-26-22-18-14-10-6-2)95-87-79-71-63-55-47-39-37-41-49-57-65-73-81-89-97-101(105)103(107)109-104(108)102(106)98-90-82-74-66-58-50-42-38-40-48-56-64-72-80-88-96-100(93-85-77-69-61-53-45-35-31-27-23-19-15-11-7-3)94-86-78-70-62-54-46-36-32-28-24-20-16-12-8-4/h99-100H,5-98H2,1-4H3. The van der Waals surface area contributed by atoms with Crippen molar-refractivity contribution in [2.45, 2.75) is 631 Å². The number of rotatable bonds is 98. The molecule has 0 aliphatic carbocycles. The second-order valence-corrected chi connectivity index (χ2v) is 36.5. The highest BCUT2D eigenvalue weighted by atomic mass is 16.6. The van der Waals surface area contributed by atoms with Crippen LogP contribution in [0, 0.1) is 11.8 Å².